The zero-order valence-corrected chi connectivity index (χ0v) is 9.78. The Bertz CT molecular complexity index is 285. The van der Waals surface area contributed by atoms with Crippen LogP contribution in [-0.2, 0) is 11.2 Å². The minimum atomic E-state index is 0.0190. The molecule has 2 nitrogen and oxygen atoms in total. The predicted octanol–water partition coefficient (Wildman–Crippen LogP) is 2.25. The minimum Gasteiger partial charge on any atom is -0.305 e. The summed E-state index contributed by atoms with van der Waals surface area (Å²) in [5, 5.41) is 5.19. The molecule has 0 amide bonds. The Labute approximate surface area is 89.3 Å². The lowest BCUT2D eigenvalue weighted by Gasteiger charge is -2.19. The van der Waals surface area contributed by atoms with Crippen molar-refractivity contribution in [1.29, 1.82) is 0 Å². The Balaban J connectivity index is 2.30. The second-order valence-electron chi connectivity index (χ2n) is 4.40. The number of nitrogens with one attached hydrogen (secondary N) is 1. The summed E-state index contributed by atoms with van der Waals surface area (Å²) in [6, 6.07) is 3.98. The first-order chi connectivity index (χ1) is 6.47. The van der Waals surface area contributed by atoms with Crippen LogP contribution in [0.2, 0.25) is 0 Å². The molecule has 0 saturated carbocycles. The topological polar surface area (TPSA) is 29.1 Å². The number of ketones is 1. The molecule has 0 spiro atoms. The normalized spacial score (nSPS) is 11.6. The number of carbonyl (C=O) groups excluding carboxylic acids is 1. The van der Waals surface area contributed by atoms with Gasteiger partial charge in [0.1, 0.15) is 0 Å². The molecule has 0 aromatic carbocycles. The van der Waals surface area contributed by atoms with Crippen molar-refractivity contribution in [2.45, 2.75) is 32.7 Å². The minimum absolute atomic E-state index is 0.0190. The van der Waals surface area contributed by atoms with Crippen LogP contribution in [-0.4, -0.2) is 17.9 Å². The summed E-state index contributed by atoms with van der Waals surface area (Å²) < 4.78 is 0. The third-order valence-electron chi connectivity index (χ3n) is 1.77. The van der Waals surface area contributed by atoms with Crippen molar-refractivity contribution in [2.24, 2.45) is 0 Å². The maximum atomic E-state index is 11.5. The van der Waals surface area contributed by atoms with Gasteiger partial charge in [-0.05, 0) is 32.2 Å². The summed E-state index contributed by atoms with van der Waals surface area (Å²) in [7, 11) is 0. The lowest BCUT2D eigenvalue weighted by atomic mass is 10.1. The first-order valence-corrected chi connectivity index (χ1v) is 5.64. The van der Waals surface area contributed by atoms with Crippen LogP contribution in [0.3, 0.4) is 0 Å². The maximum Gasteiger partial charge on any atom is 0.151 e. The molecule has 1 rings (SSSR count). The van der Waals surface area contributed by atoms with E-state index in [2.05, 4.69) is 26.1 Å². The number of hydrogen-bond acceptors (Lipinski definition) is 3. The molecule has 0 aliphatic rings. The summed E-state index contributed by atoms with van der Waals surface area (Å²) in [5.41, 5.74) is 0.0190. The molecule has 0 saturated heterocycles. The third kappa shape index (κ3) is 4.53. The fraction of sp³-hybridized carbons (Fsp3) is 0.545. The summed E-state index contributed by atoms with van der Waals surface area (Å²) >= 11 is 1.64. The molecule has 0 radical (unpaired) electrons. The molecular formula is C11H17NOS. The summed E-state index contributed by atoms with van der Waals surface area (Å²) in [6.45, 7) is 6.64. The fourth-order valence-corrected chi connectivity index (χ4v) is 1.77. The van der Waals surface area contributed by atoms with Crippen molar-refractivity contribution in [3.8, 4) is 0 Å². The molecule has 0 bridgehead atoms. The number of thiophene rings is 1. The van der Waals surface area contributed by atoms with Crippen LogP contribution >= 0.6 is 11.3 Å². The van der Waals surface area contributed by atoms with E-state index in [-0.39, 0.29) is 11.3 Å². The quantitative estimate of drug-likeness (QED) is 0.827. The Morgan fingerprint density at radius 1 is 1.50 bits per heavy atom. The number of Topliss-reactive ketones (excluding diaryl/α,β-unsaturated/α-hetero) is 1. The van der Waals surface area contributed by atoms with Gasteiger partial charge >= 0.3 is 0 Å². The number of rotatable bonds is 4. The van der Waals surface area contributed by atoms with Gasteiger partial charge in [0, 0.05) is 16.8 Å². The molecule has 1 heterocycles. The second-order valence-corrected chi connectivity index (χ2v) is 5.43. The highest BCUT2D eigenvalue weighted by Crippen LogP contribution is 2.09. The van der Waals surface area contributed by atoms with Crippen molar-refractivity contribution in [2.75, 3.05) is 6.54 Å². The Kier molecular flexibility index (Phi) is 3.84. The zero-order chi connectivity index (χ0) is 10.6. The molecule has 78 valence electrons. The first-order valence-electron chi connectivity index (χ1n) is 4.76. The van der Waals surface area contributed by atoms with E-state index in [4.69, 9.17) is 0 Å². The van der Waals surface area contributed by atoms with Crippen LogP contribution in [0.4, 0.5) is 0 Å². The van der Waals surface area contributed by atoms with Crippen LogP contribution in [0.1, 0.15) is 25.6 Å². The first kappa shape index (κ1) is 11.4. The summed E-state index contributed by atoms with van der Waals surface area (Å²) in [4.78, 5) is 12.6. The van der Waals surface area contributed by atoms with Gasteiger partial charge in [0.2, 0.25) is 0 Å². The van der Waals surface area contributed by atoms with E-state index in [1.165, 1.54) is 0 Å². The predicted molar refractivity (Wildman–Crippen MR) is 60.8 cm³/mol. The van der Waals surface area contributed by atoms with Crippen LogP contribution in [0, 0.1) is 0 Å². The summed E-state index contributed by atoms with van der Waals surface area (Å²) in [5.74, 6) is 0.252. The second kappa shape index (κ2) is 4.71. The molecular weight excluding hydrogens is 194 g/mol. The summed E-state index contributed by atoms with van der Waals surface area (Å²) in [6.07, 6.45) is 0.556. The highest BCUT2D eigenvalue weighted by atomic mass is 32.1. The van der Waals surface area contributed by atoms with Crippen molar-refractivity contribution in [1.82, 2.24) is 5.32 Å². The van der Waals surface area contributed by atoms with E-state index in [9.17, 15) is 4.79 Å². The molecule has 0 aliphatic heterocycles. The lowest BCUT2D eigenvalue weighted by Crippen LogP contribution is -2.39. The largest absolute Gasteiger partial charge is 0.305 e. The van der Waals surface area contributed by atoms with E-state index in [1.54, 1.807) is 11.3 Å². The Hall–Kier alpha value is -0.670. The van der Waals surface area contributed by atoms with E-state index in [0.717, 1.165) is 4.88 Å². The Morgan fingerprint density at radius 3 is 2.71 bits per heavy atom. The molecule has 1 aromatic heterocycles. The van der Waals surface area contributed by atoms with Gasteiger partial charge in [-0.1, -0.05) is 6.07 Å². The lowest BCUT2D eigenvalue weighted by molar-refractivity contribution is -0.117. The molecule has 0 unspecified atom stereocenters. The van der Waals surface area contributed by atoms with Gasteiger partial charge in [-0.3, -0.25) is 4.79 Å². The molecule has 0 atom stereocenters. The SMILES string of the molecule is CC(C)(C)NCC(=O)Cc1cccs1. The zero-order valence-electron chi connectivity index (χ0n) is 8.96. The number of carbonyl (C=O) groups is 1. The molecule has 0 aliphatic carbocycles. The van der Waals surface area contributed by atoms with Gasteiger partial charge in [-0.2, -0.15) is 0 Å². The average molecular weight is 211 g/mol. The van der Waals surface area contributed by atoms with Crippen LogP contribution < -0.4 is 5.32 Å². The average Bonchev–Trinajstić information content (AvgIpc) is 2.52. The smallest absolute Gasteiger partial charge is 0.151 e. The number of hydrogen-bond donors (Lipinski definition) is 1. The van der Waals surface area contributed by atoms with Gasteiger partial charge in [0.05, 0.1) is 6.54 Å². The molecule has 3 heteroatoms. The van der Waals surface area contributed by atoms with E-state index in [1.807, 2.05) is 17.5 Å². The van der Waals surface area contributed by atoms with Gasteiger partial charge in [-0.25, -0.2) is 0 Å². The standard InChI is InChI=1S/C11H17NOS/c1-11(2,3)12-8-9(13)7-10-5-4-6-14-10/h4-6,12H,7-8H2,1-3H3. The van der Waals surface area contributed by atoms with E-state index in [0.29, 0.717) is 13.0 Å². The molecule has 1 aromatic rings. The Morgan fingerprint density at radius 2 is 2.21 bits per heavy atom. The van der Waals surface area contributed by atoms with Gasteiger partial charge in [-0.15, -0.1) is 11.3 Å². The van der Waals surface area contributed by atoms with E-state index >= 15 is 0 Å². The van der Waals surface area contributed by atoms with Crippen molar-refractivity contribution in [3.63, 3.8) is 0 Å². The highest BCUT2D eigenvalue weighted by molar-refractivity contribution is 7.10. The van der Waals surface area contributed by atoms with Crippen LogP contribution in [0.5, 0.6) is 0 Å². The van der Waals surface area contributed by atoms with E-state index < -0.39 is 0 Å². The van der Waals surface area contributed by atoms with Gasteiger partial charge in [0.15, 0.2) is 5.78 Å². The van der Waals surface area contributed by atoms with Crippen molar-refractivity contribution >= 4 is 17.1 Å². The third-order valence-corrected chi connectivity index (χ3v) is 2.64. The molecule has 1 N–H and O–H groups in total. The van der Waals surface area contributed by atoms with Crippen molar-refractivity contribution < 1.29 is 4.79 Å². The highest BCUT2D eigenvalue weighted by Gasteiger charge is 2.11. The molecule has 14 heavy (non-hydrogen) atoms. The molecule has 0 fully saturated rings. The monoisotopic (exact) mass is 211 g/mol. The van der Waals surface area contributed by atoms with Gasteiger partial charge < -0.3 is 5.32 Å². The van der Waals surface area contributed by atoms with Crippen LogP contribution in [0.15, 0.2) is 17.5 Å². The fourth-order valence-electron chi connectivity index (χ4n) is 1.03. The van der Waals surface area contributed by atoms with Gasteiger partial charge in [0.25, 0.3) is 0 Å². The van der Waals surface area contributed by atoms with Crippen LogP contribution in [0.25, 0.3) is 0 Å². The van der Waals surface area contributed by atoms with Crippen molar-refractivity contribution in [3.05, 3.63) is 22.4 Å². The maximum absolute atomic E-state index is 11.5.